The van der Waals surface area contributed by atoms with Gasteiger partial charge in [0.25, 0.3) is 0 Å². The van der Waals surface area contributed by atoms with E-state index < -0.39 is 27.4 Å². The van der Waals surface area contributed by atoms with E-state index in [0.29, 0.717) is 0 Å². The number of hydrogen-bond acceptors (Lipinski definition) is 4. The zero-order chi connectivity index (χ0) is 15.8. The van der Waals surface area contributed by atoms with Crippen molar-refractivity contribution in [3.05, 3.63) is 29.6 Å². The molecule has 0 bridgehead atoms. The molecule has 1 aromatic carbocycles. The number of carbonyl (C=O) groups is 1. The van der Waals surface area contributed by atoms with Gasteiger partial charge >= 0.3 is 5.97 Å². The van der Waals surface area contributed by atoms with Gasteiger partial charge in [-0.05, 0) is 32.0 Å². The highest BCUT2D eigenvalue weighted by atomic mass is 32.2. The van der Waals surface area contributed by atoms with Crippen molar-refractivity contribution in [2.24, 2.45) is 0 Å². The van der Waals surface area contributed by atoms with Gasteiger partial charge in [0.2, 0.25) is 10.0 Å². The molecule has 1 aromatic rings. The first-order chi connectivity index (χ1) is 9.71. The molecular weight excluding hydrogens is 301 g/mol. The Labute approximate surface area is 122 Å². The quantitative estimate of drug-likeness (QED) is 0.909. The number of rotatable bonds is 3. The standard InChI is InChI=1S/C13H16FNO5S/c1-8-6-15(7-9(2)20-8)21(18,19)10-3-4-12(14)11(5-10)13(16)17/h3-5,8-9H,6-7H2,1-2H3,(H,16,17). The summed E-state index contributed by atoms with van der Waals surface area (Å²) in [6.07, 6.45) is -0.522. The molecular formula is C13H16FNO5S. The summed E-state index contributed by atoms with van der Waals surface area (Å²) in [6, 6.07) is 2.77. The van der Waals surface area contributed by atoms with Gasteiger partial charge in [-0.25, -0.2) is 17.6 Å². The van der Waals surface area contributed by atoms with Crippen LogP contribution in [0.3, 0.4) is 0 Å². The smallest absolute Gasteiger partial charge is 0.338 e. The Morgan fingerprint density at radius 3 is 2.43 bits per heavy atom. The molecule has 0 saturated carbocycles. The molecule has 1 aliphatic rings. The highest BCUT2D eigenvalue weighted by Gasteiger charge is 2.32. The Kier molecular flexibility index (Phi) is 4.31. The predicted octanol–water partition coefficient (Wildman–Crippen LogP) is 1.32. The van der Waals surface area contributed by atoms with Crippen molar-refractivity contribution >= 4 is 16.0 Å². The summed E-state index contributed by atoms with van der Waals surface area (Å²) >= 11 is 0. The van der Waals surface area contributed by atoms with E-state index in [4.69, 9.17) is 9.84 Å². The summed E-state index contributed by atoms with van der Waals surface area (Å²) in [5.74, 6) is -2.47. The molecule has 2 rings (SSSR count). The maximum absolute atomic E-state index is 13.4. The van der Waals surface area contributed by atoms with E-state index in [0.717, 1.165) is 18.2 Å². The minimum Gasteiger partial charge on any atom is -0.478 e. The summed E-state index contributed by atoms with van der Waals surface area (Å²) in [7, 11) is -3.88. The van der Waals surface area contributed by atoms with Gasteiger partial charge in [-0.3, -0.25) is 0 Å². The SMILES string of the molecule is CC1CN(S(=O)(=O)c2ccc(F)c(C(=O)O)c2)CC(C)O1. The number of hydrogen-bond donors (Lipinski definition) is 1. The van der Waals surface area contributed by atoms with Crippen LogP contribution in [-0.2, 0) is 14.8 Å². The van der Waals surface area contributed by atoms with Gasteiger partial charge in [0.15, 0.2) is 0 Å². The number of halogens is 1. The number of carboxylic acids is 1. The van der Waals surface area contributed by atoms with Crippen LogP contribution in [0, 0.1) is 5.82 Å². The zero-order valence-corrected chi connectivity index (χ0v) is 12.4. The first kappa shape index (κ1) is 15.9. The predicted molar refractivity (Wildman–Crippen MR) is 72.1 cm³/mol. The monoisotopic (exact) mass is 317 g/mol. The fourth-order valence-electron chi connectivity index (χ4n) is 2.30. The Bertz CT molecular complexity index is 651. The van der Waals surface area contributed by atoms with E-state index in [2.05, 4.69) is 0 Å². The van der Waals surface area contributed by atoms with Crippen LogP contribution >= 0.6 is 0 Å². The summed E-state index contributed by atoms with van der Waals surface area (Å²) in [5, 5.41) is 8.88. The van der Waals surface area contributed by atoms with E-state index in [1.807, 2.05) is 0 Å². The Balaban J connectivity index is 2.40. The van der Waals surface area contributed by atoms with Crippen molar-refractivity contribution in [1.29, 1.82) is 0 Å². The van der Waals surface area contributed by atoms with Crippen LogP contribution < -0.4 is 0 Å². The van der Waals surface area contributed by atoms with E-state index in [9.17, 15) is 17.6 Å². The van der Waals surface area contributed by atoms with Gasteiger partial charge in [-0.1, -0.05) is 0 Å². The van der Waals surface area contributed by atoms with Gasteiger partial charge in [0.05, 0.1) is 22.7 Å². The number of benzene rings is 1. The average Bonchev–Trinajstić information content (AvgIpc) is 2.37. The van der Waals surface area contributed by atoms with Crippen LogP contribution in [-0.4, -0.2) is 49.1 Å². The van der Waals surface area contributed by atoms with Crippen LogP contribution in [0.1, 0.15) is 24.2 Å². The van der Waals surface area contributed by atoms with Gasteiger partial charge in [0, 0.05) is 13.1 Å². The molecule has 0 aliphatic carbocycles. The third-order valence-corrected chi connectivity index (χ3v) is 5.02. The molecule has 1 aliphatic heterocycles. The maximum Gasteiger partial charge on any atom is 0.338 e. The summed E-state index contributed by atoms with van der Waals surface area (Å²) in [6.45, 7) is 3.86. The fourth-order valence-corrected chi connectivity index (χ4v) is 3.92. The third-order valence-electron chi connectivity index (χ3n) is 3.19. The second-order valence-corrected chi connectivity index (χ2v) is 6.96. The molecule has 8 heteroatoms. The summed E-state index contributed by atoms with van der Waals surface area (Å²) in [4.78, 5) is 10.7. The molecule has 1 fully saturated rings. The molecule has 1 N–H and O–H groups in total. The molecule has 21 heavy (non-hydrogen) atoms. The largest absolute Gasteiger partial charge is 0.478 e. The summed E-state index contributed by atoms with van der Waals surface area (Å²) in [5.41, 5.74) is -0.662. The van der Waals surface area contributed by atoms with E-state index in [1.54, 1.807) is 13.8 Å². The molecule has 2 atom stereocenters. The number of ether oxygens (including phenoxy) is 1. The molecule has 2 unspecified atom stereocenters. The highest BCUT2D eigenvalue weighted by Crippen LogP contribution is 2.23. The average molecular weight is 317 g/mol. The van der Waals surface area contributed by atoms with E-state index in [-0.39, 0.29) is 30.2 Å². The number of nitrogens with zero attached hydrogens (tertiary/aromatic N) is 1. The molecule has 0 spiro atoms. The Morgan fingerprint density at radius 2 is 1.90 bits per heavy atom. The molecule has 0 amide bonds. The summed E-state index contributed by atoms with van der Waals surface area (Å²) < 4.78 is 45.1. The van der Waals surface area contributed by atoms with Gasteiger partial charge in [-0.2, -0.15) is 4.31 Å². The molecule has 116 valence electrons. The minimum absolute atomic E-state index is 0.173. The van der Waals surface area contributed by atoms with Crippen LogP contribution in [0.2, 0.25) is 0 Å². The molecule has 1 saturated heterocycles. The zero-order valence-electron chi connectivity index (χ0n) is 11.6. The van der Waals surface area contributed by atoms with Crippen molar-refractivity contribution in [2.75, 3.05) is 13.1 Å². The van der Waals surface area contributed by atoms with Crippen LogP contribution in [0.4, 0.5) is 4.39 Å². The normalized spacial score (nSPS) is 24.0. The lowest BCUT2D eigenvalue weighted by Gasteiger charge is -2.34. The third kappa shape index (κ3) is 3.22. The molecule has 6 nitrogen and oxygen atoms in total. The van der Waals surface area contributed by atoms with Crippen molar-refractivity contribution in [2.45, 2.75) is 31.0 Å². The van der Waals surface area contributed by atoms with E-state index >= 15 is 0 Å². The Hall–Kier alpha value is -1.51. The molecule has 0 aromatic heterocycles. The number of carboxylic acid groups (broad SMARTS) is 1. The van der Waals surface area contributed by atoms with Crippen molar-refractivity contribution in [3.63, 3.8) is 0 Å². The van der Waals surface area contributed by atoms with Gasteiger partial charge in [-0.15, -0.1) is 0 Å². The maximum atomic E-state index is 13.4. The second-order valence-electron chi connectivity index (χ2n) is 5.03. The first-order valence-electron chi connectivity index (χ1n) is 6.40. The lowest BCUT2D eigenvalue weighted by atomic mass is 10.2. The lowest BCUT2D eigenvalue weighted by molar-refractivity contribution is -0.0440. The lowest BCUT2D eigenvalue weighted by Crippen LogP contribution is -2.48. The number of sulfonamides is 1. The van der Waals surface area contributed by atoms with Crippen LogP contribution in [0.15, 0.2) is 23.1 Å². The van der Waals surface area contributed by atoms with Gasteiger partial charge < -0.3 is 9.84 Å². The number of morpholine rings is 1. The van der Waals surface area contributed by atoms with Gasteiger partial charge in [0.1, 0.15) is 5.82 Å². The van der Waals surface area contributed by atoms with Crippen molar-refractivity contribution < 1.29 is 27.4 Å². The fraction of sp³-hybridized carbons (Fsp3) is 0.462. The van der Waals surface area contributed by atoms with Crippen molar-refractivity contribution in [3.8, 4) is 0 Å². The minimum atomic E-state index is -3.88. The Morgan fingerprint density at radius 1 is 1.33 bits per heavy atom. The van der Waals surface area contributed by atoms with Crippen LogP contribution in [0.25, 0.3) is 0 Å². The second kappa shape index (κ2) is 5.70. The van der Waals surface area contributed by atoms with Crippen LogP contribution in [0.5, 0.6) is 0 Å². The molecule has 1 heterocycles. The number of aromatic carboxylic acids is 1. The first-order valence-corrected chi connectivity index (χ1v) is 7.84. The van der Waals surface area contributed by atoms with Crippen molar-refractivity contribution in [1.82, 2.24) is 4.31 Å². The highest BCUT2D eigenvalue weighted by molar-refractivity contribution is 7.89. The molecule has 0 radical (unpaired) electrons. The van der Waals surface area contributed by atoms with E-state index in [1.165, 1.54) is 4.31 Å². The topological polar surface area (TPSA) is 83.9 Å².